The summed E-state index contributed by atoms with van der Waals surface area (Å²) in [6.07, 6.45) is -0.570. The molecule has 1 aromatic heterocycles. The third-order valence-electron chi connectivity index (χ3n) is 5.96. The molecule has 1 saturated heterocycles. The molecule has 5 rings (SSSR count). The van der Waals surface area contributed by atoms with Crippen LogP contribution in [0, 0.1) is 6.92 Å². The van der Waals surface area contributed by atoms with Crippen LogP contribution >= 0.6 is 11.6 Å². The van der Waals surface area contributed by atoms with Gasteiger partial charge in [0.15, 0.2) is 6.17 Å². The van der Waals surface area contributed by atoms with Crippen LogP contribution in [-0.4, -0.2) is 53.7 Å². The Morgan fingerprint density at radius 2 is 1.79 bits per heavy atom. The highest BCUT2D eigenvalue weighted by atomic mass is 35.5. The normalized spacial score (nSPS) is 17.8. The highest BCUT2D eigenvalue weighted by molar-refractivity contribution is 6.30. The van der Waals surface area contributed by atoms with E-state index < -0.39 is 6.17 Å². The molecule has 3 aromatic rings. The average Bonchev–Trinajstić information content (AvgIpc) is 2.83. The highest BCUT2D eigenvalue weighted by Crippen LogP contribution is 2.32. The monoisotopic (exact) mass is 464 g/mol. The van der Waals surface area contributed by atoms with Crippen LogP contribution in [0.4, 0.5) is 11.6 Å². The predicted molar refractivity (Wildman–Crippen MR) is 131 cm³/mol. The van der Waals surface area contributed by atoms with E-state index >= 15 is 0 Å². The maximum atomic E-state index is 12.9. The van der Waals surface area contributed by atoms with E-state index in [0.29, 0.717) is 23.4 Å². The van der Waals surface area contributed by atoms with Gasteiger partial charge in [-0.05, 0) is 31.2 Å². The Labute approximate surface area is 197 Å². The molecule has 0 amide bonds. The zero-order chi connectivity index (χ0) is 22.9. The molecule has 8 nitrogen and oxygen atoms in total. The first-order valence-electron chi connectivity index (χ1n) is 10.9. The molecule has 1 fully saturated rings. The molecule has 0 unspecified atom stereocenters. The van der Waals surface area contributed by atoms with Crippen molar-refractivity contribution in [1.82, 2.24) is 14.5 Å². The average molecular weight is 465 g/mol. The topological polar surface area (TPSA) is 75.0 Å². The number of halogens is 1. The second-order valence-corrected chi connectivity index (χ2v) is 8.51. The smallest absolute Gasteiger partial charge is 0.257 e. The number of ether oxygens (including phenoxy) is 1. The molecular formula is C24H25ClN6O2. The summed E-state index contributed by atoms with van der Waals surface area (Å²) >= 11 is 6.18. The molecule has 0 bridgehead atoms. The number of nitrogens with one attached hydrogen (secondary N) is 1. The van der Waals surface area contributed by atoms with Crippen molar-refractivity contribution in [3.05, 3.63) is 81.2 Å². The second kappa shape index (κ2) is 8.78. The van der Waals surface area contributed by atoms with E-state index in [1.54, 1.807) is 11.7 Å². The van der Waals surface area contributed by atoms with Crippen LogP contribution in [0.2, 0.25) is 5.02 Å². The van der Waals surface area contributed by atoms with Gasteiger partial charge in [-0.2, -0.15) is 0 Å². The lowest BCUT2D eigenvalue weighted by Gasteiger charge is -2.39. The Balaban J connectivity index is 1.47. The number of guanidine groups is 1. The van der Waals surface area contributed by atoms with E-state index in [1.165, 1.54) is 6.07 Å². The van der Waals surface area contributed by atoms with E-state index in [0.717, 1.165) is 42.5 Å². The van der Waals surface area contributed by atoms with Crippen LogP contribution in [0.1, 0.15) is 17.4 Å². The summed E-state index contributed by atoms with van der Waals surface area (Å²) in [7, 11) is 1.62. The standard InChI is InChI=1S/C24H25ClN6O2/c1-16-14-21(32)31-22(19-8-3-4-9-20(19)33-2)27-23(28-24(31)26-16)30-12-10-29(11-13-30)18-7-5-6-17(25)15-18/h3-9,14-15,22H,10-13H2,1-2H3,(H,26,27,28)/t22-/m1/s1. The van der Waals surface area contributed by atoms with Gasteiger partial charge in [0.25, 0.3) is 5.56 Å². The second-order valence-electron chi connectivity index (χ2n) is 8.08. The number of hydrogen-bond acceptors (Lipinski definition) is 7. The van der Waals surface area contributed by atoms with Crippen LogP contribution in [0.25, 0.3) is 0 Å². The molecule has 2 aliphatic rings. The molecule has 2 aliphatic heterocycles. The zero-order valence-electron chi connectivity index (χ0n) is 18.5. The lowest BCUT2D eigenvalue weighted by atomic mass is 10.1. The SMILES string of the molecule is COc1ccccc1[C@@H]1N=C(N2CCN(c3cccc(Cl)c3)CC2)Nc2nc(C)cc(=O)n21. The van der Waals surface area contributed by atoms with E-state index in [-0.39, 0.29) is 5.56 Å². The maximum Gasteiger partial charge on any atom is 0.257 e. The van der Waals surface area contributed by atoms with Crippen LogP contribution in [0.3, 0.4) is 0 Å². The van der Waals surface area contributed by atoms with Gasteiger partial charge >= 0.3 is 0 Å². The summed E-state index contributed by atoms with van der Waals surface area (Å²) in [6, 6.07) is 17.1. The number of methoxy groups -OCH3 is 1. The van der Waals surface area contributed by atoms with Crippen molar-refractivity contribution >= 4 is 29.2 Å². The maximum absolute atomic E-state index is 12.9. The number of fused-ring (bicyclic) bond motifs is 1. The van der Waals surface area contributed by atoms with Gasteiger partial charge in [-0.15, -0.1) is 0 Å². The Morgan fingerprint density at radius 1 is 1.03 bits per heavy atom. The summed E-state index contributed by atoms with van der Waals surface area (Å²) in [5.41, 5.74) is 2.42. The molecule has 3 heterocycles. The summed E-state index contributed by atoms with van der Waals surface area (Å²) in [4.78, 5) is 27.0. The predicted octanol–water partition coefficient (Wildman–Crippen LogP) is 3.36. The minimum atomic E-state index is -0.570. The quantitative estimate of drug-likeness (QED) is 0.640. The number of para-hydroxylation sites is 1. The fraction of sp³-hybridized carbons (Fsp3) is 0.292. The fourth-order valence-corrected chi connectivity index (χ4v) is 4.52. The molecule has 0 radical (unpaired) electrons. The number of rotatable bonds is 3. The minimum Gasteiger partial charge on any atom is -0.496 e. The largest absolute Gasteiger partial charge is 0.496 e. The van der Waals surface area contributed by atoms with Gasteiger partial charge in [-0.1, -0.05) is 35.9 Å². The third-order valence-corrected chi connectivity index (χ3v) is 6.20. The molecular weight excluding hydrogens is 440 g/mol. The van der Waals surface area contributed by atoms with E-state index in [4.69, 9.17) is 21.3 Å². The minimum absolute atomic E-state index is 0.158. The Morgan fingerprint density at radius 3 is 2.55 bits per heavy atom. The molecule has 2 aromatic carbocycles. The molecule has 0 spiro atoms. The molecule has 1 N–H and O–H groups in total. The Bertz CT molecular complexity index is 1270. The Kier molecular flexibility index (Phi) is 5.68. The van der Waals surface area contributed by atoms with E-state index in [2.05, 4.69) is 26.2 Å². The lowest BCUT2D eigenvalue weighted by Crippen LogP contribution is -2.52. The third kappa shape index (κ3) is 4.14. The van der Waals surface area contributed by atoms with E-state index in [1.807, 2.05) is 49.4 Å². The summed E-state index contributed by atoms with van der Waals surface area (Å²) < 4.78 is 7.15. The number of piperazine rings is 1. The summed E-state index contributed by atoms with van der Waals surface area (Å²) in [5.74, 6) is 1.86. The number of nitrogens with zero attached hydrogens (tertiary/aromatic N) is 5. The van der Waals surface area contributed by atoms with Gasteiger partial charge < -0.3 is 14.5 Å². The van der Waals surface area contributed by atoms with Crippen LogP contribution in [0.15, 0.2) is 64.4 Å². The van der Waals surface area contributed by atoms with Crippen molar-refractivity contribution < 1.29 is 4.74 Å². The number of hydrogen-bond donors (Lipinski definition) is 1. The van der Waals surface area contributed by atoms with Gasteiger partial charge in [0, 0.05) is 54.2 Å². The van der Waals surface area contributed by atoms with Crippen molar-refractivity contribution in [2.45, 2.75) is 13.1 Å². The van der Waals surface area contributed by atoms with E-state index in [9.17, 15) is 4.79 Å². The molecule has 33 heavy (non-hydrogen) atoms. The van der Waals surface area contributed by atoms with Crippen molar-refractivity contribution in [1.29, 1.82) is 0 Å². The van der Waals surface area contributed by atoms with Crippen molar-refractivity contribution in [3.63, 3.8) is 0 Å². The van der Waals surface area contributed by atoms with Crippen molar-refractivity contribution in [3.8, 4) is 5.75 Å². The first-order chi connectivity index (χ1) is 16.0. The van der Waals surface area contributed by atoms with Crippen LogP contribution in [0.5, 0.6) is 5.75 Å². The van der Waals surface area contributed by atoms with Gasteiger partial charge in [0.1, 0.15) is 5.75 Å². The first-order valence-corrected chi connectivity index (χ1v) is 11.2. The van der Waals surface area contributed by atoms with Gasteiger partial charge in [-0.3, -0.25) is 14.7 Å². The number of aliphatic imine (C=N–C) groups is 1. The van der Waals surface area contributed by atoms with Crippen molar-refractivity contribution in [2.75, 3.05) is 43.5 Å². The fourth-order valence-electron chi connectivity index (χ4n) is 4.33. The molecule has 170 valence electrons. The number of aryl methyl sites for hydroxylation is 1. The number of aromatic nitrogens is 2. The Hall–Kier alpha value is -3.52. The summed E-state index contributed by atoms with van der Waals surface area (Å²) in [6.45, 7) is 5.01. The molecule has 0 saturated carbocycles. The molecule has 0 aliphatic carbocycles. The van der Waals surface area contributed by atoms with Crippen LogP contribution < -0.4 is 20.5 Å². The van der Waals surface area contributed by atoms with Gasteiger partial charge in [-0.25, -0.2) is 9.98 Å². The highest BCUT2D eigenvalue weighted by Gasteiger charge is 2.30. The number of anilines is 2. The van der Waals surface area contributed by atoms with Gasteiger partial charge in [0.2, 0.25) is 11.9 Å². The summed E-state index contributed by atoms with van der Waals surface area (Å²) in [5, 5.41) is 4.03. The molecule has 1 atom stereocenters. The van der Waals surface area contributed by atoms with Crippen LogP contribution in [-0.2, 0) is 0 Å². The zero-order valence-corrected chi connectivity index (χ0v) is 19.3. The molecule has 9 heteroatoms. The van der Waals surface area contributed by atoms with Gasteiger partial charge in [0.05, 0.1) is 7.11 Å². The first kappa shape index (κ1) is 21.3. The lowest BCUT2D eigenvalue weighted by molar-refractivity contribution is 0.373. The number of benzene rings is 2. The van der Waals surface area contributed by atoms with Crippen molar-refractivity contribution in [2.24, 2.45) is 4.99 Å².